The minimum atomic E-state index is -0.0559. The lowest BCUT2D eigenvalue weighted by Crippen LogP contribution is -2.06. The molecule has 34 heavy (non-hydrogen) atoms. The van der Waals surface area contributed by atoms with Gasteiger partial charge in [0.15, 0.2) is 0 Å². The summed E-state index contributed by atoms with van der Waals surface area (Å²) in [6.07, 6.45) is 25.2. The van der Waals surface area contributed by atoms with Crippen LogP contribution in [-0.4, -0.2) is 25.2 Å². The van der Waals surface area contributed by atoms with Crippen molar-refractivity contribution in [3.63, 3.8) is 0 Å². The van der Waals surface area contributed by atoms with Crippen molar-refractivity contribution in [3.05, 3.63) is 0 Å². The monoisotopic (exact) mass is 482 g/mol. The van der Waals surface area contributed by atoms with E-state index < -0.39 is 0 Å². The second-order valence-corrected chi connectivity index (χ2v) is 10.5. The van der Waals surface area contributed by atoms with Crippen molar-refractivity contribution in [3.8, 4) is 0 Å². The van der Waals surface area contributed by atoms with Crippen LogP contribution in [0.25, 0.3) is 0 Å². The van der Waals surface area contributed by atoms with Crippen LogP contribution in [0.3, 0.4) is 0 Å². The maximum Gasteiger partial charge on any atom is 0.305 e. The molecule has 0 N–H and O–H groups in total. The molecule has 0 radical (unpaired) electrons. The first-order valence-corrected chi connectivity index (χ1v) is 14.9. The molecule has 0 aromatic carbocycles. The van der Waals surface area contributed by atoms with Gasteiger partial charge in [-0.25, -0.2) is 0 Å². The maximum absolute atomic E-state index is 11.8. The quantitative estimate of drug-likeness (QED) is 0.0910. The van der Waals surface area contributed by atoms with Gasteiger partial charge in [-0.05, 0) is 38.0 Å². The molecular formula is C30H58O4. The van der Waals surface area contributed by atoms with E-state index in [4.69, 9.17) is 9.47 Å². The number of rotatable bonds is 26. The van der Waals surface area contributed by atoms with Crippen molar-refractivity contribution in [1.29, 1.82) is 0 Å². The van der Waals surface area contributed by atoms with Gasteiger partial charge in [0, 0.05) is 12.8 Å². The molecule has 0 aliphatic heterocycles. The second kappa shape index (κ2) is 26.5. The molecule has 0 bridgehead atoms. The minimum absolute atomic E-state index is 0.0386. The Morgan fingerprint density at radius 3 is 1.26 bits per heavy atom. The Morgan fingerprint density at radius 2 is 0.853 bits per heavy atom. The molecule has 0 saturated heterocycles. The first-order chi connectivity index (χ1) is 16.6. The topological polar surface area (TPSA) is 52.6 Å². The number of hydrogen-bond donors (Lipinski definition) is 0. The molecule has 0 atom stereocenters. The summed E-state index contributed by atoms with van der Waals surface area (Å²) in [6, 6.07) is 0. The highest BCUT2D eigenvalue weighted by Gasteiger charge is 2.05. The van der Waals surface area contributed by atoms with Crippen LogP contribution in [0.2, 0.25) is 0 Å². The lowest BCUT2D eigenvalue weighted by molar-refractivity contribution is -0.144. The zero-order chi connectivity index (χ0) is 25.1. The van der Waals surface area contributed by atoms with Crippen LogP contribution in [0.4, 0.5) is 0 Å². The Hall–Kier alpha value is -1.06. The smallest absolute Gasteiger partial charge is 0.305 e. The van der Waals surface area contributed by atoms with Gasteiger partial charge in [0.05, 0.1) is 13.2 Å². The van der Waals surface area contributed by atoms with E-state index in [2.05, 4.69) is 20.8 Å². The largest absolute Gasteiger partial charge is 0.466 e. The molecule has 0 rings (SSSR count). The summed E-state index contributed by atoms with van der Waals surface area (Å²) in [6.45, 7) is 7.79. The molecule has 0 aromatic heterocycles. The van der Waals surface area contributed by atoms with Gasteiger partial charge >= 0.3 is 11.9 Å². The standard InChI is InChI=1S/C30H58O4/c1-4-5-6-7-8-9-10-11-12-15-18-21-26-33-29(31)24-19-16-13-14-17-20-25-30(32)34-27-22-23-28(2)3/h28H,4-27H2,1-3H3. The minimum Gasteiger partial charge on any atom is -0.466 e. The summed E-state index contributed by atoms with van der Waals surface area (Å²) in [5.41, 5.74) is 0. The molecule has 0 amide bonds. The van der Waals surface area contributed by atoms with E-state index in [1.54, 1.807) is 0 Å². The van der Waals surface area contributed by atoms with Gasteiger partial charge in [0.25, 0.3) is 0 Å². The van der Waals surface area contributed by atoms with E-state index in [1.165, 1.54) is 70.6 Å². The first kappa shape index (κ1) is 32.9. The predicted octanol–water partition coefficient (Wildman–Crippen LogP) is 9.33. The van der Waals surface area contributed by atoms with Crippen molar-refractivity contribution in [2.24, 2.45) is 5.92 Å². The Kier molecular flexibility index (Phi) is 25.7. The summed E-state index contributed by atoms with van der Waals surface area (Å²) in [5, 5.41) is 0. The van der Waals surface area contributed by atoms with Gasteiger partial charge in [-0.1, -0.05) is 117 Å². The molecule has 0 aliphatic rings. The SMILES string of the molecule is CCCCCCCCCCCCCCOC(=O)CCCCCCCCC(=O)OCCCC(C)C. The van der Waals surface area contributed by atoms with Crippen LogP contribution in [0, 0.1) is 5.92 Å². The molecule has 0 aromatic rings. The molecule has 202 valence electrons. The van der Waals surface area contributed by atoms with Crippen molar-refractivity contribution >= 4 is 11.9 Å². The fourth-order valence-corrected chi connectivity index (χ4v) is 4.20. The van der Waals surface area contributed by atoms with Gasteiger partial charge in [-0.15, -0.1) is 0 Å². The van der Waals surface area contributed by atoms with E-state index in [0.29, 0.717) is 32.0 Å². The van der Waals surface area contributed by atoms with Crippen LogP contribution in [0.15, 0.2) is 0 Å². The third-order valence-electron chi connectivity index (χ3n) is 6.46. The van der Waals surface area contributed by atoms with Crippen LogP contribution in [-0.2, 0) is 19.1 Å². The number of unbranched alkanes of at least 4 members (excludes halogenated alkanes) is 16. The Labute approximate surface area is 212 Å². The van der Waals surface area contributed by atoms with Gasteiger partial charge in [-0.2, -0.15) is 0 Å². The van der Waals surface area contributed by atoms with Gasteiger partial charge < -0.3 is 9.47 Å². The number of carbonyl (C=O) groups excluding carboxylic acids is 2. The van der Waals surface area contributed by atoms with E-state index in [-0.39, 0.29) is 11.9 Å². The summed E-state index contributed by atoms with van der Waals surface area (Å²) < 4.78 is 10.6. The summed E-state index contributed by atoms with van der Waals surface area (Å²) in [5.74, 6) is 0.572. The molecular weight excluding hydrogens is 424 g/mol. The summed E-state index contributed by atoms with van der Waals surface area (Å²) in [4.78, 5) is 23.5. The normalized spacial score (nSPS) is 11.2. The lowest BCUT2D eigenvalue weighted by Gasteiger charge is -2.07. The third-order valence-corrected chi connectivity index (χ3v) is 6.46. The fourth-order valence-electron chi connectivity index (χ4n) is 4.20. The predicted molar refractivity (Wildman–Crippen MR) is 144 cm³/mol. The van der Waals surface area contributed by atoms with E-state index >= 15 is 0 Å². The van der Waals surface area contributed by atoms with E-state index in [1.807, 2.05) is 0 Å². The van der Waals surface area contributed by atoms with Crippen LogP contribution < -0.4 is 0 Å². The molecule has 0 unspecified atom stereocenters. The molecule has 4 nitrogen and oxygen atoms in total. The van der Waals surface area contributed by atoms with Crippen molar-refractivity contribution in [2.75, 3.05) is 13.2 Å². The molecule has 0 aliphatic carbocycles. The summed E-state index contributed by atoms with van der Waals surface area (Å²) >= 11 is 0. The van der Waals surface area contributed by atoms with Gasteiger partial charge in [0.1, 0.15) is 0 Å². The first-order valence-electron chi connectivity index (χ1n) is 14.9. The molecule has 0 saturated carbocycles. The Balaban J connectivity index is 3.25. The number of hydrogen-bond acceptors (Lipinski definition) is 4. The zero-order valence-electron chi connectivity index (χ0n) is 23.2. The Morgan fingerprint density at radius 1 is 0.500 bits per heavy atom. The van der Waals surface area contributed by atoms with Crippen LogP contribution in [0.1, 0.15) is 162 Å². The van der Waals surface area contributed by atoms with Crippen molar-refractivity contribution in [2.45, 2.75) is 162 Å². The second-order valence-electron chi connectivity index (χ2n) is 10.5. The average Bonchev–Trinajstić information content (AvgIpc) is 2.81. The fraction of sp³-hybridized carbons (Fsp3) is 0.933. The molecule has 0 spiro atoms. The summed E-state index contributed by atoms with van der Waals surface area (Å²) in [7, 11) is 0. The van der Waals surface area contributed by atoms with Crippen LogP contribution in [0.5, 0.6) is 0 Å². The zero-order valence-corrected chi connectivity index (χ0v) is 23.2. The number of esters is 2. The highest BCUT2D eigenvalue weighted by atomic mass is 16.5. The lowest BCUT2D eigenvalue weighted by atomic mass is 10.1. The average molecular weight is 483 g/mol. The number of carbonyl (C=O) groups is 2. The number of ether oxygens (including phenoxy) is 2. The Bertz CT molecular complexity index is 447. The van der Waals surface area contributed by atoms with Crippen molar-refractivity contribution < 1.29 is 19.1 Å². The molecule has 0 fully saturated rings. The third kappa shape index (κ3) is 27.2. The van der Waals surface area contributed by atoms with Crippen molar-refractivity contribution in [1.82, 2.24) is 0 Å². The van der Waals surface area contributed by atoms with Gasteiger partial charge in [0.2, 0.25) is 0 Å². The maximum atomic E-state index is 11.8. The molecule has 4 heteroatoms. The van der Waals surface area contributed by atoms with Gasteiger partial charge in [-0.3, -0.25) is 9.59 Å². The van der Waals surface area contributed by atoms with E-state index in [0.717, 1.165) is 57.8 Å². The van der Waals surface area contributed by atoms with Crippen LogP contribution >= 0.6 is 0 Å². The highest BCUT2D eigenvalue weighted by molar-refractivity contribution is 5.69. The van der Waals surface area contributed by atoms with E-state index in [9.17, 15) is 9.59 Å². The highest BCUT2D eigenvalue weighted by Crippen LogP contribution is 2.13. The molecule has 0 heterocycles.